The molecule has 1 amide bonds. The molecule has 0 aromatic carbocycles. The van der Waals surface area contributed by atoms with Crippen molar-refractivity contribution in [1.82, 2.24) is 4.90 Å². The van der Waals surface area contributed by atoms with Gasteiger partial charge in [-0.1, -0.05) is 0 Å². The summed E-state index contributed by atoms with van der Waals surface area (Å²) in [5.41, 5.74) is 0. The molecule has 1 atom stereocenters. The van der Waals surface area contributed by atoms with Gasteiger partial charge in [-0.3, -0.25) is 4.79 Å². The van der Waals surface area contributed by atoms with E-state index in [1.807, 2.05) is 0 Å². The zero-order chi connectivity index (χ0) is 13.1. The Labute approximate surface area is 109 Å². The zero-order valence-electron chi connectivity index (χ0n) is 10.1. The highest BCUT2D eigenvalue weighted by Gasteiger charge is 2.30. The quantitative estimate of drug-likeness (QED) is 0.903. The average molecular weight is 269 g/mol. The normalized spacial score (nSPS) is 19.2. The van der Waals surface area contributed by atoms with E-state index in [4.69, 9.17) is 9.84 Å². The Morgan fingerprint density at radius 1 is 1.50 bits per heavy atom. The minimum Gasteiger partial charge on any atom is -0.477 e. The summed E-state index contributed by atoms with van der Waals surface area (Å²) in [5, 5.41) is 8.85. The zero-order valence-corrected chi connectivity index (χ0v) is 10.9. The number of rotatable bonds is 4. The van der Waals surface area contributed by atoms with Crippen molar-refractivity contribution in [3.63, 3.8) is 0 Å². The Morgan fingerprint density at radius 2 is 2.22 bits per heavy atom. The van der Waals surface area contributed by atoms with Crippen LogP contribution in [0.5, 0.6) is 0 Å². The summed E-state index contributed by atoms with van der Waals surface area (Å²) < 4.78 is 5.10. The lowest BCUT2D eigenvalue weighted by atomic mass is 10.2. The summed E-state index contributed by atoms with van der Waals surface area (Å²) in [4.78, 5) is 25.5. The summed E-state index contributed by atoms with van der Waals surface area (Å²) in [6, 6.07) is 3.16. The number of nitrogens with zero attached hydrogens (tertiary/aromatic N) is 1. The van der Waals surface area contributed by atoms with Crippen LogP contribution in [-0.4, -0.2) is 48.2 Å². The molecule has 1 saturated heterocycles. The molecule has 1 aromatic heterocycles. The van der Waals surface area contributed by atoms with Crippen LogP contribution in [0.25, 0.3) is 0 Å². The highest BCUT2D eigenvalue weighted by atomic mass is 32.1. The maximum absolute atomic E-state index is 12.3. The Hall–Kier alpha value is -1.40. The van der Waals surface area contributed by atoms with E-state index in [2.05, 4.69) is 0 Å². The van der Waals surface area contributed by atoms with Crippen LogP contribution in [0.15, 0.2) is 12.1 Å². The van der Waals surface area contributed by atoms with Gasteiger partial charge in [-0.15, -0.1) is 11.3 Å². The molecule has 1 N–H and O–H groups in total. The summed E-state index contributed by atoms with van der Waals surface area (Å²) in [6.07, 6.45) is 1.91. The number of methoxy groups -OCH3 is 1. The monoisotopic (exact) mass is 269 g/mol. The van der Waals surface area contributed by atoms with Crippen molar-refractivity contribution in [2.45, 2.75) is 18.9 Å². The van der Waals surface area contributed by atoms with Crippen molar-refractivity contribution in [3.05, 3.63) is 21.9 Å². The number of likely N-dealkylation sites (tertiary alicyclic amines) is 1. The topological polar surface area (TPSA) is 66.8 Å². The van der Waals surface area contributed by atoms with E-state index in [0.717, 1.165) is 24.2 Å². The lowest BCUT2D eigenvalue weighted by Crippen LogP contribution is -2.37. The molecule has 1 aliphatic rings. The molecular formula is C12H15NO4S. The lowest BCUT2D eigenvalue weighted by Gasteiger charge is -2.23. The largest absolute Gasteiger partial charge is 0.477 e. The molecule has 0 spiro atoms. The third-order valence-electron chi connectivity index (χ3n) is 3.02. The van der Waals surface area contributed by atoms with Crippen molar-refractivity contribution in [1.29, 1.82) is 0 Å². The minimum atomic E-state index is -0.992. The second kappa shape index (κ2) is 5.49. The van der Waals surface area contributed by atoms with Gasteiger partial charge in [-0.05, 0) is 25.0 Å². The van der Waals surface area contributed by atoms with Crippen molar-refractivity contribution in [3.8, 4) is 0 Å². The van der Waals surface area contributed by atoms with Gasteiger partial charge in [0.25, 0.3) is 5.91 Å². The highest BCUT2D eigenvalue weighted by Crippen LogP contribution is 2.24. The molecule has 2 rings (SSSR count). The molecule has 5 nitrogen and oxygen atoms in total. The molecular weight excluding hydrogens is 254 g/mol. The number of thiophene rings is 1. The lowest BCUT2D eigenvalue weighted by molar-refractivity contribution is 0.0634. The van der Waals surface area contributed by atoms with Gasteiger partial charge in [-0.2, -0.15) is 0 Å². The van der Waals surface area contributed by atoms with E-state index in [1.165, 1.54) is 6.07 Å². The van der Waals surface area contributed by atoms with Crippen LogP contribution in [0.1, 0.15) is 32.2 Å². The molecule has 1 unspecified atom stereocenters. The predicted octanol–water partition coefficient (Wildman–Crippen LogP) is 1.70. The third kappa shape index (κ3) is 2.54. The van der Waals surface area contributed by atoms with Crippen LogP contribution >= 0.6 is 11.3 Å². The fraction of sp³-hybridized carbons (Fsp3) is 0.500. The fourth-order valence-electron chi connectivity index (χ4n) is 2.18. The van der Waals surface area contributed by atoms with Crippen molar-refractivity contribution in [2.75, 3.05) is 20.3 Å². The molecule has 1 aliphatic heterocycles. The first-order valence-corrected chi connectivity index (χ1v) is 6.58. The summed E-state index contributed by atoms with van der Waals surface area (Å²) >= 11 is 1.02. The number of carboxylic acids is 1. The van der Waals surface area contributed by atoms with Crippen LogP contribution in [0.3, 0.4) is 0 Å². The predicted molar refractivity (Wildman–Crippen MR) is 67.2 cm³/mol. The Balaban J connectivity index is 2.12. The van der Waals surface area contributed by atoms with Crippen molar-refractivity contribution < 1.29 is 19.4 Å². The van der Waals surface area contributed by atoms with E-state index < -0.39 is 5.97 Å². The molecule has 1 aromatic rings. The molecule has 98 valence electrons. The first-order chi connectivity index (χ1) is 8.63. The molecule has 0 saturated carbocycles. The Morgan fingerprint density at radius 3 is 2.83 bits per heavy atom. The number of carbonyl (C=O) groups excluding carboxylic acids is 1. The van der Waals surface area contributed by atoms with E-state index in [-0.39, 0.29) is 16.8 Å². The molecule has 0 radical (unpaired) electrons. The Bertz CT molecular complexity index is 457. The number of carboxylic acid groups (broad SMARTS) is 1. The molecule has 1 fully saturated rings. The molecule has 2 heterocycles. The van der Waals surface area contributed by atoms with Crippen molar-refractivity contribution >= 4 is 23.2 Å². The molecule has 0 bridgehead atoms. The van der Waals surface area contributed by atoms with Gasteiger partial charge in [0.1, 0.15) is 4.88 Å². The number of amides is 1. The third-order valence-corrected chi connectivity index (χ3v) is 4.09. The van der Waals surface area contributed by atoms with E-state index in [9.17, 15) is 9.59 Å². The first kappa shape index (κ1) is 13.0. The van der Waals surface area contributed by atoms with E-state index in [1.54, 1.807) is 18.1 Å². The summed E-state index contributed by atoms with van der Waals surface area (Å²) in [5.74, 6) is -1.08. The van der Waals surface area contributed by atoms with Gasteiger partial charge in [0.15, 0.2) is 0 Å². The number of aromatic carboxylic acids is 1. The van der Waals surface area contributed by atoms with Gasteiger partial charge in [0.05, 0.1) is 17.5 Å². The standard InChI is InChI=1S/C12H15NO4S/c1-17-7-8-3-2-6-13(8)11(14)9-4-5-10(18-9)12(15)16/h4-5,8H,2-3,6-7H2,1H3,(H,15,16). The van der Waals surface area contributed by atoms with Gasteiger partial charge < -0.3 is 14.7 Å². The van der Waals surface area contributed by atoms with E-state index >= 15 is 0 Å². The van der Waals surface area contributed by atoms with Crippen molar-refractivity contribution in [2.24, 2.45) is 0 Å². The summed E-state index contributed by atoms with van der Waals surface area (Å²) in [7, 11) is 1.62. The van der Waals surface area contributed by atoms with Gasteiger partial charge in [0.2, 0.25) is 0 Å². The first-order valence-electron chi connectivity index (χ1n) is 5.76. The van der Waals surface area contributed by atoms with Crippen LogP contribution in [0.2, 0.25) is 0 Å². The maximum atomic E-state index is 12.3. The van der Waals surface area contributed by atoms with Crippen LogP contribution in [-0.2, 0) is 4.74 Å². The van der Waals surface area contributed by atoms with E-state index in [0.29, 0.717) is 18.0 Å². The molecule has 0 aliphatic carbocycles. The maximum Gasteiger partial charge on any atom is 0.345 e. The van der Waals surface area contributed by atoms with Crippen LogP contribution in [0, 0.1) is 0 Å². The van der Waals surface area contributed by atoms with Gasteiger partial charge in [-0.25, -0.2) is 4.79 Å². The highest BCUT2D eigenvalue weighted by molar-refractivity contribution is 7.15. The summed E-state index contributed by atoms with van der Waals surface area (Å²) in [6.45, 7) is 1.25. The van der Waals surface area contributed by atoms with Gasteiger partial charge in [0, 0.05) is 13.7 Å². The number of ether oxygens (including phenoxy) is 1. The molecule has 6 heteroatoms. The number of carbonyl (C=O) groups is 2. The second-order valence-electron chi connectivity index (χ2n) is 4.22. The van der Waals surface area contributed by atoms with Crippen LogP contribution < -0.4 is 0 Å². The van der Waals surface area contributed by atoms with Crippen LogP contribution in [0.4, 0.5) is 0 Å². The number of hydrogen-bond acceptors (Lipinski definition) is 4. The fourth-order valence-corrected chi connectivity index (χ4v) is 2.98. The molecule has 18 heavy (non-hydrogen) atoms. The SMILES string of the molecule is COCC1CCCN1C(=O)c1ccc(C(=O)O)s1. The van der Waals surface area contributed by atoms with Gasteiger partial charge >= 0.3 is 5.97 Å². The Kier molecular flexibility index (Phi) is 3.98. The second-order valence-corrected chi connectivity index (χ2v) is 5.30. The number of hydrogen-bond donors (Lipinski definition) is 1. The average Bonchev–Trinajstić information content (AvgIpc) is 2.97. The smallest absolute Gasteiger partial charge is 0.345 e. The minimum absolute atomic E-state index is 0.0907.